The van der Waals surface area contributed by atoms with Gasteiger partial charge in [-0.2, -0.15) is 0 Å². The van der Waals surface area contributed by atoms with Gasteiger partial charge in [-0.25, -0.2) is 9.98 Å². The van der Waals surface area contributed by atoms with Crippen molar-refractivity contribution in [3.05, 3.63) is 29.0 Å². The molecule has 1 aliphatic carbocycles. The molecule has 22 heavy (non-hydrogen) atoms. The van der Waals surface area contributed by atoms with E-state index in [1.165, 1.54) is 32.1 Å². The molecule has 5 heteroatoms. The van der Waals surface area contributed by atoms with Gasteiger partial charge in [0, 0.05) is 19.3 Å². The number of rotatable bonds is 6. The number of halogens is 1. The summed E-state index contributed by atoms with van der Waals surface area (Å²) in [5.41, 5.74) is 1.52. The van der Waals surface area contributed by atoms with Gasteiger partial charge in [0.05, 0.1) is 6.54 Å². The predicted octanol–water partition coefficient (Wildman–Crippen LogP) is 3.76. The molecule has 1 saturated carbocycles. The Balaban J connectivity index is 1.93. The lowest BCUT2D eigenvalue weighted by atomic mass is 9.83. The number of hydrogen-bond donors (Lipinski definition) is 2. The van der Waals surface area contributed by atoms with Crippen LogP contribution in [0.2, 0.25) is 5.15 Å². The smallest absolute Gasteiger partial charge is 0.191 e. The van der Waals surface area contributed by atoms with Gasteiger partial charge >= 0.3 is 0 Å². The van der Waals surface area contributed by atoms with E-state index >= 15 is 0 Å². The molecule has 0 saturated heterocycles. The van der Waals surface area contributed by atoms with Crippen LogP contribution in [0.3, 0.4) is 0 Å². The van der Waals surface area contributed by atoms with Crippen LogP contribution in [0.25, 0.3) is 0 Å². The molecule has 2 N–H and O–H groups in total. The topological polar surface area (TPSA) is 49.3 Å². The number of nitrogens with zero attached hydrogens (tertiary/aromatic N) is 2. The van der Waals surface area contributed by atoms with Crippen molar-refractivity contribution in [3.63, 3.8) is 0 Å². The van der Waals surface area contributed by atoms with Gasteiger partial charge in [-0.3, -0.25) is 0 Å². The first-order valence-corrected chi connectivity index (χ1v) is 8.68. The Morgan fingerprint density at radius 1 is 1.27 bits per heavy atom. The van der Waals surface area contributed by atoms with Crippen molar-refractivity contribution in [2.45, 2.75) is 52.5 Å². The molecule has 0 aliphatic heterocycles. The Kier molecular flexibility index (Phi) is 6.49. The Morgan fingerprint density at radius 2 is 2.05 bits per heavy atom. The molecule has 1 fully saturated rings. The van der Waals surface area contributed by atoms with Gasteiger partial charge in [-0.1, -0.05) is 37.4 Å². The highest BCUT2D eigenvalue weighted by Gasteiger charge is 2.31. The number of nitrogens with one attached hydrogen (secondary N) is 2. The van der Waals surface area contributed by atoms with Gasteiger partial charge in [-0.15, -0.1) is 0 Å². The second-order valence-electron chi connectivity index (χ2n) is 6.10. The summed E-state index contributed by atoms with van der Waals surface area (Å²) in [5, 5.41) is 7.37. The number of hydrogen-bond acceptors (Lipinski definition) is 2. The highest BCUT2D eigenvalue weighted by molar-refractivity contribution is 6.29. The van der Waals surface area contributed by atoms with Crippen LogP contribution in [-0.2, 0) is 6.54 Å². The van der Waals surface area contributed by atoms with Crippen molar-refractivity contribution in [1.29, 1.82) is 0 Å². The summed E-state index contributed by atoms with van der Waals surface area (Å²) in [6, 6.07) is 3.77. The summed E-state index contributed by atoms with van der Waals surface area (Å²) in [5.74, 6) is 0.886. The number of aromatic nitrogens is 1. The molecule has 0 bridgehead atoms. The lowest BCUT2D eigenvalue weighted by Gasteiger charge is -2.28. The zero-order chi connectivity index (χ0) is 15.8. The van der Waals surface area contributed by atoms with Crippen LogP contribution in [0.1, 0.15) is 51.5 Å². The molecule has 0 spiro atoms. The van der Waals surface area contributed by atoms with Crippen molar-refractivity contribution in [3.8, 4) is 0 Å². The fraction of sp³-hybridized carbons (Fsp3) is 0.647. The van der Waals surface area contributed by atoms with E-state index in [1.807, 2.05) is 6.07 Å². The molecule has 122 valence electrons. The van der Waals surface area contributed by atoms with Crippen LogP contribution in [0.15, 0.2) is 23.3 Å². The van der Waals surface area contributed by atoms with Crippen molar-refractivity contribution in [2.24, 2.45) is 10.4 Å². The van der Waals surface area contributed by atoms with Crippen LogP contribution in [0, 0.1) is 5.41 Å². The summed E-state index contributed by atoms with van der Waals surface area (Å²) >= 11 is 5.81. The fourth-order valence-electron chi connectivity index (χ4n) is 3.06. The minimum Gasteiger partial charge on any atom is -0.357 e. The van der Waals surface area contributed by atoms with Gasteiger partial charge in [-0.05, 0) is 43.2 Å². The van der Waals surface area contributed by atoms with Crippen LogP contribution in [-0.4, -0.2) is 24.0 Å². The normalized spacial score (nSPS) is 17.5. The molecule has 1 aliphatic rings. The van der Waals surface area contributed by atoms with Crippen LogP contribution < -0.4 is 10.6 Å². The monoisotopic (exact) mass is 322 g/mol. The summed E-state index contributed by atoms with van der Waals surface area (Å²) in [6.07, 6.45) is 8.40. The maximum absolute atomic E-state index is 5.81. The van der Waals surface area contributed by atoms with E-state index in [4.69, 9.17) is 11.6 Å². The number of pyridine rings is 1. The Bertz CT molecular complexity index is 478. The van der Waals surface area contributed by atoms with E-state index < -0.39 is 0 Å². The molecule has 1 heterocycles. The zero-order valence-electron chi connectivity index (χ0n) is 13.7. The summed E-state index contributed by atoms with van der Waals surface area (Å²) in [7, 11) is 0. The highest BCUT2D eigenvalue weighted by atomic mass is 35.5. The van der Waals surface area contributed by atoms with Gasteiger partial charge < -0.3 is 10.6 Å². The number of aliphatic imine (C=N–C) groups is 1. The summed E-state index contributed by atoms with van der Waals surface area (Å²) < 4.78 is 0. The first kappa shape index (κ1) is 17.1. The SMILES string of the molecule is CCNC(=NCc1ccc(Cl)nc1)NCC1(CC)CCCC1. The molecule has 4 nitrogen and oxygen atoms in total. The quantitative estimate of drug-likeness (QED) is 0.476. The maximum Gasteiger partial charge on any atom is 0.191 e. The Hall–Kier alpha value is -1.29. The average Bonchev–Trinajstić information content (AvgIpc) is 3.01. The Morgan fingerprint density at radius 3 is 2.64 bits per heavy atom. The third-order valence-electron chi connectivity index (χ3n) is 4.60. The van der Waals surface area contributed by atoms with Crippen LogP contribution in [0.5, 0.6) is 0 Å². The lowest BCUT2D eigenvalue weighted by molar-refractivity contribution is 0.283. The predicted molar refractivity (Wildman–Crippen MR) is 93.3 cm³/mol. The number of guanidine groups is 1. The fourth-order valence-corrected chi connectivity index (χ4v) is 3.18. The minimum absolute atomic E-state index is 0.456. The van der Waals surface area contributed by atoms with Crippen molar-refractivity contribution in [2.75, 3.05) is 13.1 Å². The zero-order valence-corrected chi connectivity index (χ0v) is 14.4. The first-order chi connectivity index (χ1) is 10.7. The highest BCUT2D eigenvalue weighted by Crippen LogP contribution is 2.40. The van der Waals surface area contributed by atoms with E-state index in [9.17, 15) is 0 Å². The standard InChI is InChI=1S/C17H27ClN4/c1-3-17(9-5-6-10-17)13-22-16(19-4-2)21-12-14-7-8-15(18)20-11-14/h7-8,11H,3-6,9-10,12-13H2,1-2H3,(H2,19,21,22). The molecule has 0 aromatic carbocycles. The molecule has 1 aromatic heterocycles. The molecule has 0 radical (unpaired) electrons. The largest absolute Gasteiger partial charge is 0.357 e. The van der Waals surface area contributed by atoms with Crippen LogP contribution in [0.4, 0.5) is 0 Å². The molecular weight excluding hydrogens is 296 g/mol. The summed E-state index contributed by atoms with van der Waals surface area (Å²) in [6.45, 7) is 6.87. The first-order valence-electron chi connectivity index (χ1n) is 8.30. The molecular formula is C17H27ClN4. The van der Waals surface area contributed by atoms with Crippen molar-refractivity contribution < 1.29 is 0 Å². The van der Waals surface area contributed by atoms with Gasteiger partial charge in [0.1, 0.15) is 5.15 Å². The molecule has 0 amide bonds. The Labute approximate surface area is 138 Å². The molecule has 0 unspecified atom stereocenters. The minimum atomic E-state index is 0.456. The van der Waals surface area contributed by atoms with E-state index in [-0.39, 0.29) is 0 Å². The van der Waals surface area contributed by atoms with Crippen molar-refractivity contribution >= 4 is 17.6 Å². The second-order valence-corrected chi connectivity index (χ2v) is 6.49. The molecule has 0 atom stereocenters. The average molecular weight is 323 g/mol. The third-order valence-corrected chi connectivity index (χ3v) is 4.82. The van der Waals surface area contributed by atoms with E-state index in [1.54, 1.807) is 12.3 Å². The van der Waals surface area contributed by atoms with Gasteiger partial charge in [0.25, 0.3) is 0 Å². The van der Waals surface area contributed by atoms with E-state index in [0.717, 1.165) is 24.6 Å². The van der Waals surface area contributed by atoms with Crippen LogP contribution >= 0.6 is 11.6 Å². The maximum atomic E-state index is 5.81. The van der Waals surface area contributed by atoms with E-state index in [2.05, 4.69) is 34.5 Å². The lowest BCUT2D eigenvalue weighted by Crippen LogP contribution is -2.42. The van der Waals surface area contributed by atoms with Gasteiger partial charge in [0.2, 0.25) is 0 Å². The van der Waals surface area contributed by atoms with Gasteiger partial charge in [0.15, 0.2) is 5.96 Å². The summed E-state index contributed by atoms with van der Waals surface area (Å²) in [4.78, 5) is 8.74. The van der Waals surface area contributed by atoms with Crippen molar-refractivity contribution in [1.82, 2.24) is 15.6 Å². The van der Waals surface area contributed by atoms with E-state index in [0.29, 0.717) is 17.1 Å². The molecule has 1 aromatic rings. The molecule has 2 rings (SSSR count). The second kappa shape index (κ2) is 8.37. The third kappa shape index (κ3) is 4.87.